The number of fused-ring (bicyclic) bond motifs is 4. The van der Waals surface area contributed by atoms with Crippen molar-refractivity contribution >= 4 is 16.5 Å². The molecular formula is C69H49N7. The van der Waals surface area contributed by atoms with Crippen LogP contribution in [0.1, 0.15) is 43.2 Å². The molecule has 2 aromatic heterocycles. The second-order valence-corrected chi connectivity index (χ2v) is 21.3. The number of hydrogen-bond acceptors (Lipinski definition) is 6. The van der Waals surface area contributed by atoms with Gasteiger partial charge < -0.3 is 0 Å². The fraction of sp³-hybridized carbons (Fsp3) is 0.145. The van der Waals surface area contributed by atoms with E-state index in [9.17, 15) is 0 Å². The van der Waals surface area contributed by atoms with E-state index in [2.05, 4.69) is 102 Å². The highest BCUT2D eigenvalue weighted by molar-refractivity contribution is 6.04. The maximum atomic E-state index is 8.20. The van der Waals surface area contributed by atoms with Crippen molar-refractivity contribution in [3.63, 3.8) is 0 Å². The van der Waals surface area contributed by atoms with E-state index in [0.29, 0.717) is 52.5 Å². The minimum absolute atomic E-state index is 0.141. The predicted octanol–water partition coefficient (Wildman–Crippen LogP) is 16.8. The monoisotopic (exact) mass is 975 g/mol. The second kappa shape index (κ2) is 17.7. The minimum Gasteiger partial charge on any atom is -0.238 e. The van der Waals surface area contributed by atoms with Crippen LogP contribution in [0.5, 0.6) is 0 Å². The Labute approximate surface area is 442 Å². The molecule has 11 aromatic rings. The molecule has 2 heterocycles. The molecule has 4 saturated carbocycles. The first-order chi connectivity index (χ1) is 37.5. The van der Waals surface area contributed by atoms with Crippen molar-refractivity contribution in [1.29, 1.82) is 0 Å². The summed E-state index contributed by atoms with van der Waals surface area (Å²) in [6.07, 6.45) is 6.40. The smallest absolute Gasteiger partial charge is 0.187 e. The van der Waals surface area contributed by atoms with Gasteiger partial charge in [-0.3, -0.25) is 0 Å². The standard InChI is InChI=1S/C69H49N7/c1-70-52-30-33-59(68-75-65(46-20-10-4-11-21-46)72-66(76-68)47-22-12-5-13-23-47)60(41-52)49-29-32-57-56-31-28-48(39-61(56)69(62(57)40-49)50-35-42-34-43(37-50)38-51(69)36-42)53-24-14-26-55-54(53)25-15-27-58(55)67-73-63(44-16-6-2-7-17-44)71-64(74-67)45-18-8-3-9-19-45/h2-33,39-43,50-51H,34-38H2. The maximum Gasteiger partial charge on any atom is 0.187 e. The Morgan fingerprint density at radius 1 is 0.316 bits per heavy atom. The molecule has 9 aromatic carbocycles. The molecule has 7 heteroatoms. The Morgan fingerprint density at radius 2 is 0.711 bits per heavy atom. The molecule has 1 spiro atoms. The molecular weight excluding hydrogens is 927 g/mol. The van der Waals surface area contributed by atoms with Gasteiger partial charge >= 0.3 is 0 Å². The van der Waals surface area contributed by atoms with Gasteiger partial charge in [-0.05, 0) is 129 Å². The minimum atomic E-state index is -0.141. The Balaban J connectivity index is 0.881. The molecule has 5 aliphatic carbocycles. The van der Waals surface area contributed by atoms with Gasteiger partial charge in [0.15, 0.2) is 40.6 Å². The zero-order valence-corrected chi connectivity index (χ0v) is 41.7. The molecule has 76 heavy (non-hydrogen) atoms. The molecule has 16 rings (SSSR count). The van der Waals surface area contributed by atoms with Crippen LogP contribution in [0.25, 0.3) is 117 Å². The summed E-state index contributed by atoms with van der Waals surface area (Å²) in [6.45, 7) is 8.20. The van der Waals surface area contributed by atoms with E-state index in [1.807, 2.05) is 115 Å². The fourth-order valence-corrected chi connectivity index (χ4v) is 14.2. The van der Waals surface area contributed by atoms with Gasteiger partial charge in [-0.25, -0.2) is 34.7 Å². The van der Waals surface area contributed by atoms with Gasteiger partial charge in [-0.15, -0.1) is 0 Å². The number of nitrogens with zero attached hydrogens (tertiary/aromatic N) is 7. The quantitative estimate of drug-likeness (QED) is 0.141. The average molecular weight is 976 g/mol. The third kappa shape index (κ3) is 7.16. The van der Waals surface area contributed by atoms with Crippen LogP contribution in [0, 0.1) is 30.2 Å². The lowest BCUT2D eigenvalue weighted by Gasteiger charge is -2.61. The highest BCUT2D eigenvalue weighted by atomic mass is 15.0. The van der Waals surface area contributed by atoms with Crippen LogP contribution in [0.15, 0.2) is 212 Å². The topological polar surface area (TPSA) is 81.7 Å². The molecule has 0 saturated heterocycles. The van der Waals surface area contributed by atoms with Gasteiger partial charge in [0, 0.05) is 38.8 Å². The Kier molecular flexibility index (Phi) is 10.3. The number of benzene rings is 9. The van der Waals surface area contributed by atoms with Crippen molar-refractivity contribution < 1.29 is 0 Å². The van der Waals surface area contributed by atoms with Crippen LogP contribution in [-0.2, 0) is 5.41 Å². The van der Waals surface area contributed by atoms with Crippen LogP contribution in [0.2, 0.25) is 0 Å². The van der Waals surface area contributed by atoms with E-state index < -0.39 is 0 Å². The molecule has 0 N–H and O–H groups in total. The number of hydrogen-bond donors (Lipinski definition) is 0. The van der Waals surface area contributed by atoms with Gasteiger partial charge in [0.1, 0.15) is 0 Å². The number of aromatic nitrogens is 6. The summed E-state index contributed by atoms with van der Waals surface area (Å²) in [6, 6.07) is 74.4. The summed E-state index contributed by atoms with van der Waals surface area (Å²) in [5.41, 5.74) is 16.1. The zero-order chi connectivity index (χ0) is 50.3. The molecule has 360 valence electrons. The van der Waals surface area contributed by atoms with Crippen molar-refractivity contribution in [2.75, 3.05) is 0 Å². The average Bonchev–Trinajstić information content (AvgIpc) is 4.03. The largest absolute Gasteiger partial charge is 0.238 e. The lowest BCUT2D eigenvalue weighted by Crippen LogP contribution is -2.55. The number of rotatable bonds is 8. The van der Waals surface area contributed by atoms with E-state index in [1.54, 1.807) is 0 Å². The van der Waals surface area contributed by atoms with Crippen LogP contribution in [-0.4, -0.2) is 29.9 Å². The summed E-state index contributed by atoms with van der Waals surface area (Å²) in [5, 5.41) is 2.26. The van der Waals surface area contributed by atoms with Crippen molar-refractivity contribution in [2.45, 2.75) is 37.5 Å². The fourth-order valence-electron chi connectivity index (χ4n) is 14.2. The second-order valence-electron chi connectivity index (χ2n) is 21.3. The first kappa shape index (κ1) is 44.3. The zero-order valence-electron chi connectivity index (χ0n) is 41.7. The van der Waals surface area contributed by atoms with Gasteiger partial charge in [-0.2, -0.15) is 0 Å². The molecule has 0 unspecified atom stereocenters. The lowest BCUT2D eigenvalue weighted by atomic mass is 9.43. The van der Waals surface area contributed by atoms with Gasteiger partial charge in [0.25, 0.3) is 0 Å². The van der Waals surface area contributed by atoms with Gasteiger partial charge in [0.2, 0.25) is 0 Å². The van der Waals surface area contributed by atoms with Crippen molar-refractivity contribution in [3.05, 3.63) is 235 Å². The van der Waals surface area contributed by atoms with Crippen molar-refractivity contribution in [2.24, 2.45) is 23.7 Å². The SMILES string of the molecule is [C-]#[N+]c1ccc(-c2nc(-c3ccccc3)nc(-c3ccccc3)n2)c(-c2ccc3c(c2)C2(c4cc(-c5cccc6c(-c7nc(-c8ccccc8)nc(-c8ccccc8)n7)cccc56)ccc4-3)C3CC4CC(C3)CC2C4)c1. The summed E-state index contributed by atoms with van der Waals surface area (Å²) < 4.78 is 0. The molecule has 4 fully saturated rings. The molecule has 7 nitrogen and oxygen atoms in total. The molecule has 4 bridgehead atoms. The van der Waals surface area contributed by atoms with Crippen molar-refractivity contribution in [1.82, 2.24) is 29.9 Å². The maximum absolute atomic E-state index is 8.20. The summed E-state index contributed by atoms with van der Waals surface area (Å²) >= 11 is 0. The summed E-state index contributed by atoms with van der Waals surface area (Å²) in [5.74, 6) is 6.39. The van der Waals surface area contributed by atoms with Gasteiger partial charge in [-0.1, -0.05) is 194 Å². The first-order valence-corrected chi connectivity index (χ1v) is 26.6. The lowest BCUT2D eigenvalue weighted by molar-refractivity contribution is -0.0399. The molecule has 5 aliphatic rings. The van der Waals surface area contributed by atoms with Crippen LogP contribution in [0.4, 0.5) is 5.69 Å². The van der Waals surface area contributed by atoms with E-state index in [-0.39, 0.29) is 5.41 Å². The van der Waals surface area contributed by atoms with Crippen LogP contribution >= 0.6 is 0 Å². The summed E-state index contributed by atoms with van der Waals surface area (Å²) in [4.78, 5) is 34.7. The predicted molar refractivity (Wildman–Crippen MR) is 304 cm³/mol. The van der Waals surface area contributed by atoms with E-state index >= 15 is 0 Å². The Bertz CT molecular complexity index is 3990. The third-order valence-corrected chi connectivity index (χ3v) is 17.2. The third-order valence-electron chi connectivity index (χ3n) is 17.2. The Hall–Kier alpha value is -9.25. The van der Waals surface area contributed by atoms with Gasteiger partial charge in [0.05, 0.1) is 6.57 Å². The van der Waals surface area contributed by atoms with Crippen LogP contribution in [0.3, 0.4) is 0 Å². The van der Waals surface area contributed by atoms with E-state index in [4.69, 9.17) is 36.5 Å². The molecule has 0 atom stereocenters. The molecule has 0 radical (unpaired) electrons. The van der Waals surface area contributed by atoms with Crippen LogP contribution < -0.4 is 0 Å². The normalized spacial score (nSPS) is 19.6. The molecule has 0 amide bonds. The van der Waals surface area contributed by atoms with E-state index in [1.165, 1.54) is 65.5 Å². The van der Waals surface area contributed by atoms with E-state index in [0.717, 1.165) is 67.1 Å². The highest BCUT2D eigenvalue weighted by Crippen LogP contribution is 2.70. The summed E-state index contributed by atoms with van der Waals surface area (Å²) in [7, 11) is 0. The van der Waals surface area contributed by atoms with Crippen molar-refractivity contribution in [3.8, 4) is 102 Å². The Morgan fingerprint density at radius 3 is 1.17 bits per heavy atom. The highest BCUT2D eigenvalue weighted by Gasteiger charge is 2.61. The molecule has 0 aliphatic heterocycles. The first-order valence-electron chi connectivity index (χ1n) is 26.6.